The monoisotopic (exact) mass is 576 g/mol. The van der Waals surface area contributed by atoms with Crippen molar-refractivity contribution in [1.82, 2.24) is 0 Å². The van der Waals surface area contributed by atoms with Gasteiger partial charge in [0.05, 0.1) is 11.1 Å². The molecule has 6 nitrogen and oxygen atoms in total. The molecule has 17 heavy (non-hydrogen) atoms. The Morgan fingerprint density at radius 1 is 1.12 bits per heavy atom. The average molecular weight is 576 g/mol. The Balaban J connectivity index is 3.83. The maximum Gasteiger partial charge on any atom is 0.342 e. The summed E-state index contributed by atoms with van der Waals surface area (Å²) in [7, 11) is 0. The van der Waals surface area contributed by atoms with E-state index >= 15 is 0 Å². The normalized spacial score (nSPS) is 10.5. The van der Waals surface area contributed by atoms with Crippen LogP contribution < -0.4 is 0 Å². The Bertz CT molecular complexity index is 581. The minimum Gasteiger partial charge on any atom is -0.478 e. The lowest BCUT2D eigenvalue weighted by Gasteiger charge is -2.07. The first kappa shape index (κ1) is 15.0. The summed E-state index contributed by atoms with van der Waals surface area (Å²) in [6, 6.07) is 1.06. The molecule has 0 aliphatic heterocycles. The molecular weight excluding hydrogens is 573 g/mol. The Hall–Kier alpha value is -0.0500. The van der Waals surface area contributed by atoms with Gasteiger partial charge in [-0.25, -0.2) is 15.7 Å². The molecule has 1 rings (SSSR count). The van der Waals surface area contributed by atoms with E-state index in [9.17, 15) is 15.7 Å². The predicted molar refractivity (Wildman–Crippen MR) is 79.9 cm³/mol. The van der Waals surface area contributed by atoms with E-state index in [-0.39, 0.29) is 21.8 Å². The van der Waals surface area contributed by atoms with Crippen molar-refractivity contribution < 1.29 is 25.9 Å². The zero-order valence-corrected chi connectivity index (χ0v) is 14.2. The molecule has 0 saturated carbocycles. The fraction of sp³-hybridized carbons (Fsp3) is 0. The van der Waals surface area contributed by atoms with Gasteiger partial charge in [-0.2, -0.15) is 0 Å². The number of hydrogen-bond acceptors (Lipinski definition) is 4. The second-order valence-corrected chi connectivity index (χ2v) is 7.30. The van der Waals surface area contributed by atoms with Crippen LogP contribution in [-0.4, -0.2) is 22.2 Å². The van der Waals surface area contributed by atoms with Gasteiger partial charge in [-0.1, -0.05) is 0 Å². The van der Waals surface area contributed by atoms with E-state index in [0.717, 1.165) is 6.07 Å². The van der Waals surface area contributed by atoms with Gasteiger partial charge in [0, 0.05) is 7.14 Å². The van der Waals surface area contributed by atoms with E-state index in [1.165, 1.54) is 0 Å². The molecule has 0 atom stereocenters. The third-order valence-corrected chi connectivity index (χ3v) is 6.72. The summed E-state index contributed by atoms with van der Waals surface area (Å²) in [5, 5.41) is 17.8. The van der Waals surface area contributed by atoms with Crippen molar-refractivity contribution in [3.63, 3.8) is 0 Å². The number of benzene rings is 1. The van der Waals surface area contributed by atoms with Crippen molar-refractivity contribution in [2.45, 2.75) is 0 Å². The van der Waals surface area contributed by atoms with E-state index < -0.39 is 31.7 Å². The number of halogens is 3. The average Bonchev–Trinajstić information content (AvgIpc) is 2.14. The van der Waals surface area contributed by atoms with Crippen LogP contribution in [0.1, 0.15) is 20.7 Å². The second kappa shape index (κ2) is 5.73. The van der Waals surface area contributed by atoms with Crippen LogP contribution in [0.15, 0.2) is 6.07 Å². The predicted octanol–water partition coefficient (Wildman–Crippen LogP) is 2.66. The third-order valence-electron chi connectivity index (χ3n) is 1.76. The summed E-state index contributed by atoms with van der Waals surface area (Å²) in [5.74, 6) is -2.67. The van der Waals surface area contributed by atoms with Crippen molar-refractivity contribution >= 4 is 76.9 Å². The maximum absolute atomic E-state index is 11.1. The van der Waals surface area contributed by atoms with E-state index in [4.69, 9.17) is 10.2 Å². The highest BCUT2D eigenvalue weighted by Crippen LogP contribution is 2.32. The van der Waals surface area contributed by atoms with Gasteiger partial charge in [0.15, 0.2) is 0 Å². The molecule has 92 valence electrons. The molecule has 0 heterocycles. The van der Waals surface area contributed by atoms with Gasteiger partial charge in [0.25, 0.3) is 0 Å². The smallest absolute Gasteiger partial charge is 0.342 e. The number of carboxylic acids is 2. The molecular formula is C8H3I3O6. The first-order valence-electron chi connectivity index (χ1n) is 3.81. The summed E-state index contributed by atoms with van der Waals surface area (Å²) < 4.78 is 22.0. The van der Waals surface area contributed by atoms with Crippen molar-refractivity contribution in [3.8, 4) is 0 Å². The fourth-order valence-electron chi connectivity index (χ4n) is 1.10. The molecule has 0 aliphatic carbocycles. The second-order valence-electron chi connectivity index (χ2n) is 2.74. The highest BCUT2D eigenvalue weighted by molar-refractivity contribution is 14.2. The summed E-state index contributed by atoms with van der Waals surface area (Å²) >= 11 is -0.873. The standard InChI is InChI=1S/C8H3I3O6/c9-3-1-2(7(12)13)6(11(16)17)5(10)4(3)8(14)15/h1H,(H,12,13)(H,14,15). The van der Waals surface area contributed by atoms with Crippen molar-refractivity contribution in [1.29, 1.82) is 0 Å². The van der Waals surface area contributed by atoms with E-state index in [2.05, 4.69) is 0 Å². The molecule has 1 aromatic carbocycles. The van der Waals surface area contributed by atoms with Crippen LogP contribution in [0.3, 0.4) is 0 Å². The number of hydrogen-bond donors (Lipinski definition) is 2. The quantitative estimate of drug-likeness (QED) is 0.424. The van der Waals surface area contributed by atoms with Crippen LogP contribution in [0.2, 0.25) is 0 Å². The van der Waals surface area contributed by atoms with Crippen molar-refractivity contribution in [3.05, 3.63) is 27.9 Å². The minimum absolute atomic E-state index is 0.0467. The molecule has 9 heteroatoms. The van der Waals surface area contributed by atoms with Crippen LogP contribution in [-0.2, 0) is 6.14 Å². The van der Waals surface area contributed by atoms with Gasteiger partial charge in [-0.05, 0) is 51.2 Å². The lowest BCUT2D eigenvalue weighted by atomic mass is 10.1. The lowest BCUT2D eigenvalue weighted by Crippen LogP contribution is -2.10. The molecule has 0 unspecified atom stereocenters. The Kier molecular flexibility index (Phi) is 5.06. The first-order valence-corrected chi connectivity index (χ1v) is 8.81. The number of carbonyl (C=O) groups is 2. The van der Waals surface area contributed by atoms with Gasteiger partial charge in [-0.3, -0.25) is 0 Å². The van der Waals surface area contributed by atoms with Crippen LogP contribution in [0.4, 0.5) is 0 Å². The summed E-state index contributed by atoms with van der Waals surface area (Å²) in [6.07, 6.45) is 0. The Morgan fingerprint density at radius 3 is 2.00 bits per heavy atom. The zero-order chi connectivity index (χ0) is 13.3. The van der Waals surface area contributed by atoms with Crippen LogP contribution in [0.5, 0.6) is 0 Å². The maximum atomic E-state index is 11.1. The Morgan fingerprint density at radius 2 is 1.65 bits per heavy atom. The highest BCUT2D eigenvalue weighted by atomic mass is 127. The fourth-order valence-corrected chi connectivity index (χ4v) is 5.87. The Labute approximate surface area is 129 Å². The van der Waals surface area contributed by atoms with Gasteiger partial charge in [-0.15, -0.1) is 0 Å². The molecule has 0 radical (unpaired) electrons. The SMILES string of the molecule is O=C(O)c1cc(I)c(C(=O)O)c(I)c1I(=O)=O. The van der Waals surface area contributed by atoms with Gasteiger partial charge < -0.3 is 10.2 Å². The van der Waals surface area contributed by atoms with Crippen LogP contribution in [0, 0.1) is 10.7 Å². The topological polar surface area (TPSA) is 109 Å². The summed E-state index contributed by atoms with van der Waals surface area (Å²) in [4.78, 5) is 21.9. The summed E-state index contributed by atoms with van der Waals surface area (Å²) in [6.45, 7) is 0. The van der Waals surface area contributed by atoms with Crippen LogP contribution >= 0.6 is 65.0 Å². The summed E-state index contributed by atoms with van der Waals surface area (Å²) in [5.41, 5.74) is -0.556. The lowest BCUT2D eigenvalue weighted by molar-refractivity contribution is 0.0678. The van der Waals surface area contributed by atoms with Crippen molar-refractivity contribution in [2.75, 3.05) is 0 Å². The molecule has 0 spiro atoms. The molecule has 1 aromatic rings. The number of aromatic carboxylic acids is 2. The minimum atomic E-state index is -4.08. The molecule has 0 saturated heterocycles. The largest absolute Gasteiger partial charge is 0.478 e. The molecule has 0 bridgehead atoms. The molecule has 2 N–H and O–H groups in total. The van der Waals surface area contributed by atoms with E-state index in [1.54, 1.807) is 45.2 Å². The molecule has 0 fully saturated rings. The van der Waals surface area contributed by atoms with Gasteiger partial charge in [0.2, 0.25) is 0 Å². The van der Waals surface area contributed by atoms with Gasteiger partial charge in [0.1, 0.15) is 3.57 Å². The van der Waals surface area contributed by atoms with E-state index in [0.29, 0.717) is 0 Å². The molecule has 0 aromatic heterocycles. The molecule has 0 aliphatic rings. The zero-order valence-electron chi connectivity index (χ0n) is 7.74. The van der Waals surface area contributed by atoms with Crippen molar-refractivity contribution in [2.24, 2.45) is 0 Å². The molecule has 0 amide bonds. The van der Waals surface area contributed by atoms with E-state index in [1.807, 2.05) is 0 Å². The number of carboxylic acid groups (broad SMARTS) is 2. The van der Waals surface area contributed by atoms with Gasteiger partial charge >= 0.3 is 31.7 Å². The number of rotatable bonds is 3. The highest BCUT2D eigenvalue weighted by Gasteiger charge is 2.25. The van der Waals surface area contributed by atoms with Crippen LogP contribution in [0.25, 0.3) is 0 Å². The first-order chi connectivity index (χ1) is 7.77. The third kappa shape index (κ3) is 3.04.